The first kappa shape index (κ1) is 13.6. The van der Waals surface area contributed by atoms with Crippen molar-refractivity contribution in [1.82, 2.24) is 0 Å². The monoisotopic (exact) mass is 276 g/mol. The van der Waals surface area contributed by atoms with Gasteiger partial charge < -0.3 is 5.32 Å². The molecule has 0 saturated heterocycles. The van der Waals surface area contributed by atoms with E-state index in [1.165, 1.54) is 6.07 Å². The summed E-state index contributed by atoms with van der Waals surface area (Å²) < 4.78 is 38.7. The standard InChI is InChI=1S/C14H7F3N2O/c15-10-2-4-13(9(5-10)7-18)19-14(20)8-1-3-11(16)12(17)6-8/h1-6H,(H,19,20). The highest BCUT2D eigenvalue weighted by Gasteiger charge is 2.12. The Bertz CT molecular complexity index is 723. The second-order valence-corrected chi connectivity index (χ2v) is 3.88. The molecule has 2 aromatic rings. The lowest BCUT2D eigenvalue weighted by Crippen LogP contribution is -2.13. The minimum Gasteiger partial charge on any atom is -0.321 e. The average Bonchev–Trinajstić information content (AvgIpc) is 2.43. The molecule has 0 aliphatic rings. The average molecular weight is 276 g/mol. The van der Waals surface area contributed by atoms with Crippen molar-refractivity contribution < 1.29 is 18.0 Å². The fourth-order valence-electron chi connectivity index (χ4n) is 1.55. The van der Waals surface area contributed by atoms with Gasteiger partial charge in [0.25, 0.3) is 5.91 Å². The summed E-state index contributed by atoms with van der Waals surface area (Å²) in [6.45, 7) is 0. The molecule has 0 spiro atoms. The second-order valence-electron chi connectivity index (χ2n) is 3.88. The summed E-state index contributed by atoms with van der Waals surface area (Å²) in [6, 6.07) is 7.63. The van der Waals surface area contributed by atoms with E-state index in [9.17, 15) is 18.0 Å². The molecule has 0 heterocycles. The van der Waals surface area contributed by atoms with E-state index in [-0.39, 0.29) is 16.8 Å². The number of rotatable bonds is 2. The highest BCUT2D eigenvalue weighted by atomic mass is 19.2. The normalized spacial score (nSPS) is 9.90. The van der Waals surface area contributed by atoms with Crippen molar-refractivity contribution in [3.05, 3.63) is 65.0 Å². The number of benzene rings is 2. The third kappa shape index (κ3) is 2.78. The van der Waals surface area contributed by atoms with Crippen molar-refractivity contribution in [3.63, 3.8) is 0 Å². The Hall–Kier alpha value is -2.81. The molecule has 0 bridgehead atoms. The number of anilines is 1. The van der Waals surface area contributed by atoms with Gasteiger partial charge in [0, 0.05) is 5.56 Å². The molecule has 2 aromatic carbocycles. The van der Waals surface area contributed by atoms with Crippen molar-refractivity contribution in [2.24, 2.45) is 0 Å². The van der Waals surface area contributed by atoms with Gasteiger partial charge in [0.15, 0.2) is 11.6 Å². The molecule has 0 atom stereocenters. The highest BCUT2D eigenvalue weighted by molar-refractivity contribution is 6.04. The van der Waals surface area contributed by atoms with Crippen LogP contribution in [0.4, 0.5) is 18.9 Å². The van der Waals surface area contributed by atoms with Crippen molar-refractivity contribution in [1.29, 1.82) is 5.26 Å². The van der Waals surface area contributed by atoms with Gasteiger partial charge >= 0.3 is 0 Å². The highest BCUT2D eigenvalue weighted by Crippen LogP contribution is 2.17. The Morgan fingerprint density at radius 3 is 2.45 bits per heavy atom. The lowest BCUT2D eigenvalue weighted by Gasteiger charge is -2.07. The maximum Gasteiger partial charge on any atom is 0.255 e. The van der Waals surface area contributed by atoms with E-state index < -0.39 is 23.4 Å². The Morgan fingerprint density at radius 1 is 1.05 bits per heavy atom. The number of hydrogen-bond donors (Lipinski definition) is 1. The van der Waals surface area contributed by atoms with E-state index in [4.69, 9.17) is 5.26 Å². The quantitative estimate of drug-likeness (QED) is 0.915. The van der Waals surface area contributed by atoms with Gasteiger partial charge in [-0.3, -0.25) is 4.79 Å². The number of carbonyl (C=O) groups excluding carboxylic acids is 1. The third-order valence-electron chi connectivity index (χ3n) is 2.53. The van der Waals surface area contributed by atoms with Gasteiger partial charge in [-0.15, -0.1) is 0 Å². The fourth-order valence-corrected chi connectivity index (χ4v) is 1.55. The van der Waals surface area contributed by atoms with Gasteiger partial charge in [-0.2, -0.15) is 5.26 Å². The predicted octanol–water partition coefficient (Wildman–Crippen LogP) is 3.23. The summed E-state index contributed by atoms with van der Waals surface area (Å²) in [7, 11) is 0. The molecule has 0 radical (unpaired) electrons. The van der Waals surface area contributed by atoms with Gasteiger partial charge in [-0.05, 0) is 36.4 Å². The molecule has 1 N–H and O–H groups in total. The zero-order valence-electron chi connectivity index (χ0n) is 9.95. The van der Waals surface area contributed by atoms with Crippen LogP contribution in [0.1, 0.15) is 15.9 Å². The van der Waals surface area contributed by atoms with Crippen LogP contribution in [0.5, 0.6) is 0 Å². The summed E-state index contributed by atoms with van der Waals surface area (Å²) in [5, 5.41) is 11.2. The van der Waals surface area contributed by atoms with Gasteiger partial charge in [0.1, 0.15) is 11.9 Å². The molecule has 0 unspecified atom stereocenters. The smallest absolute Gasteiger partial charge is 0.255 e. The lowest BCUT2D eigenvalue weighted by atomic mass is 10.1. The van der Waals surface area contributed by atoms with Gasteiger partial charge in [-0.25, -0.2) is 13.2 Å². The van der Waals surface area contributed by atoms with Gasteiger partial charge in [-0.1, -0.05) is 0 Å². The number of hydrogen-bond acceptors (Lipinski definition) is 2. The minimum atomic E-state index is -1.16. The van der Waals surface area contributed by atoms with Crippen molar-refractivity contribution in [2.75, 3.05) is 5.32 Å². The van der Waals surface area contributed by atoms with E-state index in [0.29, 0.717) is 0 Å². The summed E-state index contributed by atoms with van der Waals surface area (Å²) in [5.41, 5.74) is -0.0957. The molecule has 0 aromatic heterocycles. The molecule has 0 fully saturated rings. The fraction of sp³-hybridized carbons (Fsp3) is 0. The topological polar surface area (TPSA) is 52.9 Å². The van der Waals surface area contributed by atoms with Crippen LogP contribution in [0.2, 0.25) is 0 Å². The molecule has 0 saturated carbocycles. The van der Waals surface area contributed by atoms with Crippen LogP contribution in [0.15, 0.2) is 36.4 Å². The Morgan fingerprint density at radius 2 is 1.80 bits per heavy atom. The SMILES string of the molecule is N#Cc1cc(F)ccc1NC(=O)c1ccc(F)c(F)c1. The van der Waals surface area contributed by atoms with Gasteiger partial charge in [0.05, 0.1) is 11.3 Å². The Kier molecular flexibility index (Phi) is 3.71. The zero-order valence-corrected chi connectivity index (χ0v) is 9.95. The molecule has 3 nitrogen and oxygen atoms in total. The molecule has 0 aliphatic carbocycles. The Balaban J connectivity index is 2.28. The lowest BCUT2D eigenvalue weighted by molar-refractivity contribution is 0.102. The van der Waals surface area contributed by atoms with Crippen LogP contribution < -0.4 is 5.32 Å². The first-order chi connectivity index (χ1) is 9.51. The van der Waals surface area contributed by atoms with Crippen LogP contribution in [0.25, 0.3) is 0 Å². The van der Waals surface area contributed by atoms with Crippen LogP contribution in [-0.4, -0.2) is 5.91 Å². The maximum absolute atomic E-state index is 13.0. The number of amides is 1. The number of nitriles is 1. The van der Waals surface area contributed by atoms with Gasteiger partial charge in [0.2, 0.25) is 0 Å². The van der Waals surface area contributed by atoms with E-state index >= 15 is 0 Å². The summed E-state index contributed by atoms with van der Waals surface area (Å²) in [6.07, 6.45) is 0. The first-order valence-electron chi connectivity index (χ1n) is 5.47. The largest absolute Gasteiger partial charge is 0.321 e. The van der Waals surface area contributed by atoms with Crippen molar-refractivity contribution in [3.8, 4) is 6.07 Å². The molecule has 1 amide bonds. The van der Waals surface area contributed by atoms with E-state index in [1.54, 1.807) is 6.07 Å². The van der Waals surface area contributed by atoms with Crippen LogP contribution in [0, 0.1) is 28.8 Å². The summed E-state index contributed by atoms with van der Waals surface area (Å²) in [5.74, 6) is -3.57. The number of nitrogens with one attached hydrogen (secondary N) is 1. The molecular weight excluding hydrogens is 269 g/mol. The second kappa shape index (κ2) is 5.45. The van der Waals surface area contributed by atoms with E-state index in [2.05, 4.69) is 5.32 Å². The van der Waals surface area contributed by atoms with Crippen LogP contribution in [0.3, 0.4) is 0 Å². The van der Waals surface area contributed by atoms with Crippen LogP contribution >= 0.6 is 0 Å². The van der Waals surface area contributed by atoms with E-state index in [0.717, 1.165) is 30.3 Å². The molecular formula is C14H7F3N2O. The molecule has 100 valence electrons. The number of carbonyl (C=O) groups is 1. The van der Waals surface area contributed by atoms with Crippen molar-refractivity contribution in [2.45, 2.75) is 0 Å². The minimum absolute atomic E-state index is 0.0686. The van der Waals surface area contributed by atoms with Crippen molar-refractivity contribution >= 4 is 11.6 Å². The van der Waals surface area contributed by atoms with Crippen LogP contribution in [-0.2, 0) is 0 Å². The molecule has 0 aliphatic heterocycles. The summed E-state index contributed by atoms with van der Waals surface area (Å²) >= 11 is 0. The maximum atomic E-state index is 13.0. The van der Waals surface area contributed by atoms with E-state index in [1.807, 2.05) is 0 Å². The zero-order chi connectivity index (χ0) is 14.7. The molecule has 20 heavy (non-hydrogen) atoms. The molecule has 6 heteroatoms. The third-order valence-corrected chi connectivity index (χ3v) is 2.53. The number of nitrogens with zero attached hydrogens (tertiary/aromatic N) is 1. The number of halogens is 3. The molecule has 2 rings (SSSR count). The first-order valence-corrected chi connectivity index (χ1v) is 5.47. The Labute approximate surface area is 112 Å². The summed E-state index contributed by atoms with van der Waals surface area (Å²) in [4.78, 5) is 11.8. The predicted molar refractivity (Wildman–Crippen MR) is 65.4 cm³/mol.